The number of rotatable bonds is 3. The number of thioether (sulfide) groups is 1. The van der Waals surface area contributed by atoms with Gasteiger partial charge in [0.05, 0.1) is 11.3 Å². The van der Waals surface area contributed by atoms with Crippen molar-refractivity contribution >= 4 is 40.7 Å². The van der Waals surface area contributed by atoms with Gasteiger partial charge < -0.3 is 0 Å². The van der Waals surface area contributed by atoms with Crippen LogP contribution in [0, 0.1) is 11.3 Å². The van der Waals surface area contributed by atoms with Crippen molar-refractivity contribution in [1.82, 2.24) is 4.98 Å². The van der Waals surface area contributed by atoms with Crippen LogP contribution in [0.25, 0.3) is 0 Å². The normalized spacial score (nSPS) is 13.5. The number of nitrogens with zero attached hydrogens (tertiary/aromatic N) is 2. The molecular formula is C17H12Cl2N2OS. The van der Waals surface area contributed by atoms with Crippen molar-refractivity contribution in [2.24, 2.45) is 0 Å². The number of carbonyl (C=O) groups is 1. The molecule has 0 bridgehead atoms. The first-order valence-electron chi connectivity index (χ1n) is 7.12. The van der Waals surface area contributed by atoms with Gasteiger partial charge in [0.15, 0.2) is 5.78 Å². The maximum atomic E-state index is 11.9. The number of carbonyl (C=O) groups excluding carboxylic acids is 1. The van der Waals surface area contributed by atoms with E-state index >= 15 is 0 Å². The van der Waals surface area contributed by atoms with Crippen LogP contribution in [0.2, 0.25) is 10.0 Å². The molecule has 1 aromatic heterocycles. The molecule has 0 saturated heterocycles. The number of benzene rings is 1. The van der Waals surface area contributed by atoms with Gasteiger partial charge in [-0.1, -0.05) is 29.3 Å². The molecule has 1 aliphatic rings. The molecule has 1 aromatic carbocycles. The van der Waals surface area contributed by atoms with Gasteiger partial charge in [0.2, 0.25) is 0 Å². The number of nitriles is 1. The van der Waals surface area contributed by atoms with Gasteiger partial charge in [0.25, 0.3) is 0 Å². The van der Waals surface area contributed by atoms with Crippen LogP contribution < -0.4 is 0 Å². The Labute approximate surface area is 148 Å². The predicted octanol–water partition coefficient (Wildman–Crippen LogP) is 5.07. The topological polar surface area (TPSA) is 53.8 Å². The largest absolute Gasteiger partial charge is 0.294 e. The van der Waals surface area contributed by atoms with Gasteiger partial charge in [-0.15, -0.1) is 11.8 Å². The second-order valence-corrected chi connectivity index (χ2v) is 7.06. The Balaban J connectivity index is 1.88. The first kappa shape index (κ1) is 16.3. The molecule has 0 atom stereocenters. The smallest absolute Gasteiger partial charge is 0.164 e. The number of aromatic nitrogens is 1. The third-order valence-electron chi connectivity index (χ3n) is 3.68. The predicted molar refractivity (Wildman–Crippen MR) is 92.2 cm³/mol. The van der Waals surface area contributed by atoms with E-state index in [0.717, 1.165) is 24.1 Å². The van der Waals surface area contributed by atoms with E-state index in [1.54, 1.807) is 18.2 Å². The fraction of sp³-hybridized carbons (Fsp3) is 0.235. The third kappa shape index (κ3) is 3.53. The zero-order chi connectivity index (χ0) is 16.4. The number of ketones is 1. The van der Waals surface area contributed by atoms with Gasteiger partial charge in [-0.2, -0.15) is 5.26 Å². The Morgan fingerprint density at radius 2 is 2.09 bits per heavy atom. The minimum absolute atomic E-state index is 0.0764. The molecule has 23 heavy (non-hydrogen) atoms. The number of Topliss-reactive ketones (excluding diaryl/α,β-unsaturated/α-hetero) is 1. The maximum absolute atomic E-state index is 11.9. The second kappa shape index (κ2) is 6.92. The van der Waals surface area contributed by atoms with E-state index in [0.29, 0.717) is 38.4 Å². The standard InChI is InChI=1S/C17H12Cl2N2OS/c18-12-5-4-10(14(19)7-12)9-23-17-11(8-20)6-13-15(21-17)2-1-3-16(13)22/h4-7H,1-3,9H2. The quantitative estimate of drug-likeness (QED) is 0.715. The van der Waals surface area contributed by atoms with Gasteiger partial charge in [0, 0.05) is 27.8 Å². The zero-order valence-corrected chi connectivity index (χ0v) is 14.4. The molecule has 0 spiro atoms. The molecule has 0 saturated carbocycles. The van der Waals surface area contributed by atoms with E-state index in [9.17, 15) is 10.1 Å². The van der Waals surface area contributed by atoms with Gasteiger partial charge in [-0.3, -0.25) is 4.79 Å². The van der Waals surface area contributed by atoms with E-state index in [4.69, 9.17) is 23.2 Å². The highest BCUT2D eigenvalue weighted by atomic mass is 35.5. The number of hydrogen-bond acceptors (Lipinski definition) is 4. The van der Waals surface area contributed by atoms with Crippen molar-refractivity contribution in [2.75, 3.05) is 0 Å². The first-order chi connectivity index (χ1) is 11.1. The van der Waals surface area contributed by atoms with Crippen LogP contribution >= 0.6 is 35.0 Å². The maximum Gasteiger partial charge on any atom is 0.164 e. The average molecular weight is 363 g/mol. The Kier molecular flexibility index (Phi) is 4.91. The number of hydrogen-bond donors (Lipinski definition) is 0. The molecule has 0 N–H and O–H groups in total. The molecule has 0 unspecified atom stereocenters. The molecule has 0 amide bonds. The van der Waals surface area contributed by atoms with E-state index in [1.807, 2.05) is 6.07 Å². The van der Waals surface area contributed by atoms with Crippen LogP contribution in [0.1, 0.15) is 40.0 Å². The minimum atomic E-state index is 0.0764. The molecule has 6 heteroatoms. The van der Waals surface area contributed by atoms with E-state index in [1.165, 1.54) is 11.8 Å². The zero-order valence-electron chi connectivity index (χ0n) is 12.1. The van der Waals surface area contributed by atoms with Gasteiger partial charge in [0.1, 0.15) is 11.1 Å². The molecule has 0 aliphatic heterocycles. The first-order valence-corrected chi connectivity index (χ1v) is 8.86. The summed E-state index contributed by atoms with van der Waals surface area (Å²) >= 11 is 13.5. The monoisotopic (exact) mass is 362 g/mol. The van der Waals surface area contributed by atoms with E-state index in [-0.39, 0.29) is 5.78 Å². The molecule has 0 fully saturated rings. The fourth-order valence-corrected chi connectivity index (χ4v) is 4.02. The van der Waals surface area contributed by atoms with Crippen molar-refractivity contribution in [1.29, 1.82) is 5.26 Å². The minimum Gasteiger partial charge on any atom is -0.294 e. The summed E-state index contributed by atoms with van der Waals surface area (Å²) in [4.78, 5) is 16.5. The lowest BCUT2D eigenvalue weighted by Crippen LogP contribution is -2.13. The summed E-state index contributed by atoms with van der Waals surface area (Å²) < 4.78 is 0. The number of pyridine rings is 1. The van der Waals surface area contributed by atoms with E-state index in [2.05, 4.69) is 11.1 Å². The summed E-state index contributed by atoms with van der Waals surface area (Å²) in [6.45, 7) is 0. The second-order valence-electron chi connectivity index (χ2n) is 5.25. The SMILES string of the molecule is N#Cc1cc2c(nc1SCc1ccc(Cl)cc1Cl)CCCC2=O. The van der Waals surface area contributed by atoms with Crippen molar-refractivity contribution in [3.05, 3.63) is 56.7 Å². The summed E-state index contributed by atoms with van der Waals surface area (Å²) in [6.07, 6.45) is 2.13. The number of halogens is 2. The third-order valence-corrected chi connectivity index (χ3v) is 5.31. The molecular weight excluding hydrogens is 351 g/mol. The van der Waals surface area contributed by atoms with Crippen LogP contribution in [-0.4, -0.2) is 10.8 Å². The Morgan fingerprint density at radius 1 is 1.26 bits per heavy atom. The Morgan fingerprint density at radius 3 is 2.83 bits per heavy atom. The molecule has 3 rings (SSSR count). The summed E-state index contributed by atoms with van der Waals surface area (Å²) in [5, 5.41) is 11.2. The fourth-order valence-electron chi connectivity index (χ4n) is 2.49. The van der Waals surface area contributed by atoms with E-state index < -0.39 is 0 Å². The summed E-state index contributed by atoms with van der Waals surface area (Å²) in [5.74, 6) is 0.664. The number of aryl methyl sites for hydroxylation is 1. The van der Waals surface area contributed by atoms with Crippen LogP contribution in [-0.2, 0) is 12.2 Å². The van der Waals surface area contributed by atoms with Crippen LogP contribution in [0.5, 0.6) is 0 Å². The molecule has 0 radical (unpaired) electrons. The summed E-state index contributed by atoms with van der Waals surface area (Å²) in [7, 11) is 0. The molecule has 116 valence electrons. The highest BCUT2D eigenvalue weighted by molar-refractivity contribution is 7.98. The molecule has 2 aromatic rings. The lowest BCUT2D eigenvalue weighted by molar-refractivity contribution is 0.0971. The Hall–Kier alpha value is -1.54. The summed E-state index contributed by atoms with van der Waals surface area (Å²) in [6, 6.07) is 9.16. The van der Waals surface area contributed by atoms with Crippen LogP contribution in [0.15, 0.2) is 29.3 Å². The summed E-state index contributed by atoms with van der Waals surface area (Å²) in [5.41, 5.74) is 2.77. The molecule has 1 heterocycles. The molecule has 1 aliphatic carbocycles. The Bertz CT molecular complexity index is 830. The van der Waals surface area contributed by atoms with Crippen LogP contribution in [0.3, 0.4) is 0 Å². The van der Waals surface area contributed by atoms with Crippen molar-refractivity contribution < 1.29 is 4.79 Å². The lowest BCUT2D eigenvalue weighted by Gasteiger charge is -2.15. The highest BCUT2D eigenvalue weighted by Crippen LogP contribution is 2.31. The van der Waals surface area contributed by atoms with Crippen LogP contribution in [0.4, 0.5) is 0 Å². The van der Waals surface area contributed by atoms with Gasteiger partial charge in [-0.05, 0) is 36.6 Å². The number of fused-ring (bicyclic) bond motifs is 1. The van der Waals surface area contributed by atoms with Crippen molar-refractivity contribution in [2.45, 2.75) is 30.0 Å². The van der Waals surface area contributed by atoms with Crippen molar-refractivity contribution in [3.63, 3.8) is 0 Å². The van der Waals surface area contributed by atoms with Gasteiger partial charge >= 0.3 is 0 Å². The average Bonchev–Trinajstić information content (AvgIpc) is 2.53. The lowest BCUT2D eigenvalue weighted by atomic mass is 9.94. The molecule has 3 nitrogen and oxygen atoms in total. The van der Waals surface area contributed by atoms with Gasteiger partial charge in [-0.25, -0.2) is 4.98 Å². The highest BCUT2D eigenvalue weighted by Gasteiger charge is 2.21. The van der Waals surface area contributed by atoms with Crippen molar-refractivity contribution in [3.8, 4) is 6.07 Å².